The Labute approximate surface area is 173 Å². The Morgan fingerprint density at radius 2 is 1.21 bits per heavy atom. The van der Waals surface area contributed by atoms with Gasteiger partial charge in [-0.2, -0.15) is 0 Å². The topological polar surface area (TPSA) is 81.0 Å². The van der Waals surface area contributed by atoms with E-state index in [0.29, 0.717) is 6.42 Å². The van der Waals surface area contributed by atoms with E-state index < -0.39 is 18.1 Å². The summed E-state index contributed by atoms with van der Waals surface area (Å²) in [5.74, 6) is -0.436. The molecule has 0 aromatic rings. The molecule has 0 bridgehead atoms. The summed E-state index contributed by atoms with van der Waals surface area (Å²) < 4.78 is 0. The van der Waals surface area contributed by atoms with Gasteiger partial charge < -0.3 is 20.2 Å². The minimum absolute atomic E-state index is 0.152. The largest absolute Gasteiger partial charge is 0.395 e. The smallest absolute Gasteiger partial charge is 0.251 e. The minimum atomic E-state index is -1.10. The van der Waals surface area contributed by atoms with Gasteiger partial charge in [0.2, 0.25) is 0 Å². The van der Waals surface area contributed by atoms with Crippen molar-refractivity contribution in [2.45, 2.75) is 122 Å². The highest BCUT2D eigenvalue weighted by molar-refractivity contribution is 5.80. The molecule has 0 aliphatic heterocycles. The number of carbonyl (C=O) groups is 1. The summed E-state index contributed by atoms with van der Waals surface area (Å²) >= 11 is 0. The zero-order valence-corrected chi connectivity index (χ0v) is 18.6. The van der Waals surface area contributed by atoms with Crippen LogP contribution in [0.25, 0.3) is 0 Å². The molecule has 168 valence electrons. The van der Waals surface area contributed by atoms with Crippen LogP contribution in [0.15, 0.2) is 0 Å². The average molecular weight is 402 g/mol. The molecule has 3 N–H and O–H groups in total. The molecular formula is C23H47NO4. The summed E-state index contributed by atoms with van der Waals surface area (Å²) in [6.45, 7) is 3.84. The van der Waals surface area contributed by atoms with E-state index in [4.69, 9.17) is 5.11 Å². The van der Waals surface area contributed by atoms with Crippen molar-refractivity contribution < 1.29 is 20.1 Å². The van der Waals surface area contributed by atoms with Gasteiger partial charge in [0.1, 0.15) is 6.10 Å². The summed E-state index contributed by atoms with van der Waals surface area (Å²) in [5.41, 5.74) is 0. The molecule has 2 atom stereocenters. The Balaban J connectivity index is 3.51. The lowest BCUT2D eigenvalue weighted by Crippen LogP contribution is -2.43. The molecule has 0 rings (SSSR count). The Bertz CT molecular complexity index is 349. The van der Waals surface area contributed by atoms with Crippen LogP contribution in [0.4, 0.5) is 0 Å². The van der Waals surface area contributed by atoms with Crippen LogP contribution in [0.3, 0.4) is 0 Å². The zero-order valence-electron chi connectivity index (χ0n) is 18.6. The van der Waals surface area contributed by atoms with Crippen LogP contribution in [-0.4, -0.2) is 58.0 Å². The third-order valence-electron chi connectivity index (χ3n) is 5.36. The molecule has 0 saturated heterocycles. The van der Waals surface area contributed by atoms with Gasteiger partial charge in [0.25, 0.3) is 5.91 Å². The first kappa shape index (κ1) is 27.4. The van der Waals surface area contributed by atoms with Gasteiger partial charge >= 0.3 is 0 Å². The fraction of sp³-hybridized carbons (Fsp3) is 0.957. The monoisotopic (exact) mass is 401 g/mol. The van der Waals surface area contributed by atoms with Crippen molar-refractivity contribution in [3.63, 3.8) is 0 Å². The fourth-order valence-electron chi connectivity index (χ4n) is 3.60. The van der Waals surface area contributed by atoms with Crippen LogP contribution in [0.5, 0.6) is 0 Å². The molecule has 0 aliphatic carbocycles. The summed E-state index contributed by atoms with van der Waals surface area (Å²) in [6.07, 6.45) is 17.2. The second kappa shape index (κ2) is 19.7. The van der Waals surface area contributed by atoms with Gasteiger partial charge in [-0.25, -0.2) is 0 Å². The van der Waals surface area contributed by atoms with Gasteiger partial charge in [-0.15, -0.1) is 0 Å². The van der Waals surface area contributed by atoms with Crippen LogP contribution in [-0.2, 0) is 4.79 Å². The molecule has 0 fully saturated rings. The third-order valence-corrected chi connectivity index (χ3v) is 5.36. The number of nitrogens with zero attached hydrogens (tertiary/aromatic N) is 1. The van der Waals surface area contributed by atoms with Gasteiger partial charge in [0, 0.05) is 13.1 Å². The number of aliphatic hydroxyl groups is 3. The highest BCUT2D eigenvalue weighted by Gasteiger charge is 2.20. The van der Waals surface area contributed by atoms with Crippen LogP contribution in [0.2, 0.25) is 0 Å². The summed E-state index contributed by atoms with van der Waals surface area (Å²) in [5, 5.41) is 28.5. The lowest BCUT2D eigenvalue weighted by Gasteiger charge is -2.25. The quantitative estimate of drug-likeness (QED) is 0.264. The number of aliphatic hydroxyl groups excluding tert-OH is 3. The first-order chi connectivity index (χ1) is 13.5. The summed E-state index contributed by atoms with van der Waals surface area (Å²) in [7, 11) is 0. The van der Waals surface area contributed by atoms with Crippen LogP contribution in [0.1, 0.15) is 110 Å². The second-order valence-corrected chi connectivity index (χ2v) is 8.22. The molecular weight excluding hydrogens is 354 g/mol. The van der Waals surface area contributed by atoms with Crippen molar-refractivity contribution in [2.24, 2.45) is 0 Å². The number of amides is 1. The van der Waals surface area contributed by atoms with E-state index in [2.05, 4.69) is 6.92 Å². The Morgan fingerprint density at radius 3 is 1.61 bits per heavy atom. The van der Waals surface area contributed by atoms with E-state index in [1.807, 2.05) is 0 Å². The maximum atomic E-state index is 11.8. The van der Waals surface area contributed by atoms with E-state index >= 15 is 0 Å². The van der Waals surface area contributed by atoms with E-state index in [1.54, 1.807) is 0 Å². The highest BCUT2D eigenvalue weighted by Crippen LogP contribution is 2.14. The van der Waals surface area contributed by atoms with Crippen molar-refractivity contribution in [3.8, 4) is 0 Å². The second-order valence-electron chi connectivity index (χ2n) is 8.22. The number of hydrogen-bond donors (Lipinski definition) is 3. The lowest BCUT2D eigenvalue weighted by atomic mass is 10.0. The molecule has 1 amide bonds. The molecule has 0 spiro atoms. The number of rotatable bonds is 20. The zero-order chi connectivity index (χ0) is 21.0. The van der Waals surface area contributed by atoms with Crippen LogP contribution < -0.4 is 0 Å². The highest BCUT2D eigenvalue weighted by atomic mass is 16.3. The van der Waals surface area contributed by atoms with Gasteiger partial charge in [-0.3, -0.25) is 4.79 Å². The van der Waals surface area contributed by atoms with Crippen molar-refractivity contribution in [3.05, 3.63) is 0 Å². The van der Waals surface area contributed by atoms with E-state index in [0.717, 1.165) is 12.8 Å². The Morgan fingerprint density at radius 1 is 0.786 bits per heavy atom. The Hall–Kier alpha value is -0.650. The molecule has 0 radical (unpaired) electrons. The summed E-state index contributed by atoms with van der Waals surface area (Å²) in [6, 6.07) is 0. The van der Waals surface area contributed by atoms with Crippen molar-refractivity contribution in [2.75, 3.05) is 19.7 Å². The van der Waals surface area contributed by atoms with E-state index in [-0.39, 0.29) is 19.7 Å². The first-order valence-corrected chi connectivity index (χ1v) is 11.8. The molecule has 0 saturated carbocycles. The molecule has 0 aromatic heterocycles. The molecule has 28 heavy (non-hydrogen) atoms. The van der Waals surface area contributed by atoms with Gasteiger partial charge in [-0.05, 0) is 13.3 Å². The number of hydrogen-bond acceptors (Lipinski definition) is 4. The summed E-state index contributed by atoms with van der Waals surface area (Å²) in [4.78, 5) is 13.2. The van der Waals surface area contributed by atoms with Gasteiger partial charge in [-0.1, -0.05) is 96.8 Å². The van der Waals surface area contributed by atoms with Gasteiger partial charge in [0.15, 0.2) is 0 Å². The predicted molar refractivity (Wildman–Crippen MR) is 116 cm³/mol. The SMILES string of the molecule is CCCCCCCCCCCCCCCCC(O)CN(CCO)C(=O)C(C)O. The van der Waals surface area contributed by atoms with E-state index in [9.17, 15) is 15.0 Å². The van der Waals surface area contributed by atoms with E-state index in [1.165, 1.54) is 88.9 Å². The number of unbranched alkanes of at least 4 members (excludes halogenated alkanes) is 13. The average Bonchev–Trinajstić information content (AvgIpc) is 2.67. The fourth-order valence-corrected chi connectivity index (χ4v) is 3.60. The normalized spacial score (nSPS) is 13.5. The van der Waals surface area contributed by atoms with Crippen LogP contribution >= 0.6 is 0 Å². The molecule has 0 aliphatic rings. The molecule has 0 heterocycles. The van der Waals surface area contributed by atoms with Crippen molar-refractivity contribution >= 4 is 5.91 Å². The standard InChI is InChI=1S/C23H47NO4/c1-3-4-5-6-7-8-9-10-11-12-13-14-15-16-17-22(27)20-24(18-19-25)23(28)21(2)26/h21-22,25-27H,3-20H2,1-2H3. The van der Waals surface area contributed by atoms with Crippen molar-refractivity contribution in [1.82, 2.24) is 4.90 Å². The maximum absolute atomic E-state index is 11.8. The van der Waals surface area contributed by atoms with Crippen molar-refractivity contribution in [1.29, 1.82) is 0 Å². The molecule has 5 nitrogen and oxygen atoms in total. The molecule has 2 unspecified atom stereocenters. The van der Waals surface area contributed by atoms with Gasteiger partial charge in [0.05, 0.1) is 12.7 Å². The predicted octanol–water partition coefficient (Wildman–Crippen LogP) is 4.42. The molecule has 0 aromatic carbocycles. The minimum Gasteiger partial charge on any atom is -0.395 e. The lowest BCUT2D eigenvalue weighted by molar-refractivity contribution is -0.141. The first-order valence-electron chi connectivity index (χ1n) is 11.8. The van der Waals surface area contributed by atoms with Crippen LogP contribution in [0, 0.1) is 0 Å². The maximum Gasteiger partial charge on any atom is 0.251 e. The third kappa shape index (κ3) is 16.3. The number of carbonyl (C=O) groups excluding carboxylic acids is 1. The Kier molecular flexibility index (Phi) is 19.2. The molecule has 5 heteroatoms.